The van der Waals surface area contributed by atoms with Crippen LogP contribution in [0.3, 0.4) is 0 Å². The fraction of sp³-hybridized carbons (Fsp3) is 0.118. The second kappa shape index (κ2) is 7.61. The van der Waals surface area contributed by atoms with Crippen molar-refractivity contribution in [2.24, 2.45) is 0 Å². The summed E-state index contributed by atoms with van der Waals surface area (Å²) in [7, 11) is 0. The van der Waals surface area contributed by atoms with E-state index in [0.29, 0.717) is 0 Å². The normalized spacial score (nSPS) is 11.5. The van der Waals surface area contributed by atoms with Gasteiger partial charge in [-0.2, -0.15) is 13.2 Å². The molecule has 0 aliphatic rings. The van der Waals surface area contributed by atoms with Crippen molar-refractivity contribution in [2.75, 3.05) is 0 Å². The minimum Gasteiger partial charge on any atom is -0.457 e. The van der Waals surface area contributed by atoms with Crippen LogP contribution in [0.4, 0.5) is 18.9 Å². The van der Waals surface area contributed by atoms with Crippen LogP contribution in [0, 0.1) is 10.1 Å². The number of alkyl halides is 3. The summed E-state index contributed by atoms with van der Waals surface area (Å²) in [6.45, 7) is -0.317. The fourth-order valence-electron chi connectivity index (χ4n) is 1.99. The van der Waals surface area contributed by atoms with Gasteiger partial charge in [0.05, 0.1) is 16.1 Å². The van der Waals surface area contributed by atoms with Crippen molar-refractivity contribution < 1.29 is 27.6 Å². The molecule has 0 amide bonds. The van der Waals surface area contributed by atoms with Crippen molar-refractivity contribution in [3.8, 4) is 0 Å². The summed E-state index contributed by atoms with van der Waals surface area (Å²) >= 11 is 0. The molecule has 0 bridgehead atoms. The highest BCUT2D eigenvalue weighted by Crippen LogP contribution is 2.29. The number of halogens is 3. The molecule has 130 valence electrons. The van der Waals surface area contributed by atoms with Gasteiger partial charge in [0, 0.05) is 12.1 Å². The van der Waals surface area contributed by atoms with E-state index < -0.39 is 22.6 Å². The third-order valence-corrected chi connectivity index (χ3v) is 3.18. The zero-order chi connectivity index (χ0) is 18.4. The number of ether oxygens (including phenoxy) is 1. The van der Waals surface area contributed by atoms with E-state index in [2.05, 4.69) is 0 Å². The lowest BCUT2D eigenvalue weighted by molar-refractivity contribution is -0.385. The van der Waals surface area contributed by atoms with E-state index in [1.165, 1.54) is 36.4 Å². The van der Waals surface area contributed by atoms with Crippen LogP contribution in [0.25, 0.3) is 6.08 Å². The van der Waals surface area contributed by atoms with Gasteiger partial charge in [0.25, 0.3) is 5.69 Å². The molecule has 0 aliphatic carbocycles. The Labute approximate surface area is 140 Å². The van der Waals surface area contributed by atoms with E-state index in [0.717, 1.165) is 18.2 Å². The summed E-state index contributed by atoms with van der Waals surface area (Å²) in [5.74, 6) is -0.824. The lowest BCUT2D eigenvalue weighted by Gasteiger charge is -2.06. The first-order valence-electron chi connectivity index (χ1n) is 7.02. The van der Waals surface area contributed by atoms with Crippen molar-refractivity contribution in [1.29, 1.82) is 0 Å². The minimum atomic E-state index is -4.48. The number of hydrogen-bond acceptors (Lipinski definition) is 4. The van der Waals surface area contributed by atoms with E-state index in [-0.39, 0.29) is 23.4 Å². The molecule has 5 nitrogen and oxygen atoms in total. The Kier molecular flexibility index (Phi) is 5.53. The Morgan fingerprint density at radius 2 is 1.88 bits per heavy atom. The first-order chi connectivity index (χ1) is 11.8. The molecular formula is C17H12F3NO4. The molecule has 0 N–H and O–H groups in total. The predicted molar refractivity (Wildman–Crippen MR) is 83.4 cm³/mol. The highest BCUT2D eigenvalue weighted by molar-refractivity contribution is 5.87. The molecule has 2 aromatic rings. The second-order valence-electron chi connectivity index (χ2n) is 4.95. The lowest BCUT2D eigenvalue weighted by atomic mass is 10.1. The number of hydrogen-bond donors (Lipinski definition) is 0. The van der Waals surface area contributed by atoms with Crippen LogP contribution in [0.5, 0.6) is 0 Å². The zero-order valence-electron chi connectivity index (χ0n) is 12.7. The van der Waals surface area contributed by atoms with E-state index in [4.69, 9.17) is 4.74 Å². The van der Waals surface area contributed by atoms with Crippen LogP contribution in [0.1, 0.15) is 16.7 Å². The van der Waals surface area contributed by atoms with Crippen molar-refractivity contribution in [3.05, 3.63) is 81.4 Å². The minimum absolute atomic E-state index is 0.178. The van der Waals surface area contributed by atoms with Crippen LogP contribution in [-0.2, 0) is 22.3 Å². The average Bonchev–Trinajstić information content (AvgIpc) is 2.58. The molecule has 0 spiro atoms. The SMILES string of the molecule is O=C(/C=C/c1cccc(C(F)(F)F)c1)OCc1ccccc1[N+](=O)[O-]. The highest BCUT2D eigenvalue weighted by atomic mass is 19.4. The van der Waals surface area contributed by atoms with Gasteiger partial charge in [0.2, 0.25) is 0 Å². The predicted octanol–water partition coefficient (Wildman–Crippen LogP) is 4.37. The maximum absolute atomic E-state index is 12.6. The van der Waals surface area contributed by atoms with Crippen LogP contribution in [0.2, 0.25) is 0 Å². The largest absolute Gasteiger partial charge is 0.457 e. The number of nitro groups is 1. The number of para-hydroxylation sites is 1. The van der Waals surface area contributed by atoms with Gasteiger partial charge in [-0.3, -0.25) is 10.1 Å². The second-order valence-corrected chi connectivity index (χ2v) is 4.95. The molecule has 0 atom stereocenters. The molecule has 25 heavy (non-hydrogen) atoms. The molecule has 0 saturated carbocycles. The summed E-state index contributed by atoms with van der Waals surface area (Å²) in [6, 6.07) is 10.2. The first kappa shape index (κ1) is 18.2. The number of nitro benzene ring substituents is 1. The zero-order valence-corrected chi connectivity index (χ0v) is 12.7. The smallest absolute Gasteiger partial charge is 0.416 e. The summed E-state index contributed by atoms with van der Waals surface area (Å²) in [5, 5.41) is 10.8. The van der Waals surface area contributed by atoms with Gasteiger partial charge in [-0.15, -0.1) is 0 Å². The van der Waals surface area contributed by atoms with Gasteiger partial charge in [0.1, 0.15) is 6.61 Å². The molecule has 0 aliphatic heterocycles. The van der Waals surface area contributed by atoms with Gasteiger partial charge >= 0.3 is 12.1 Å². The Bertz CT molecular complexity index is 816. The Hall–Kier alpha value is -3.16. The number of carbonyl (C=O) groups excluding carboxylic acids is 1. The van der Waals surface area contributed by atoms with Crippen molar-refractivity contribution in [2.45, 2.75) is 12.8 Å². The van der Waals surface area contributed by atoms with Gasteiger partial charge in [-0.25, -0.2) is 4.79 Å². The molecule has 2 aromatic carbocycles. The lowest BCUT2D eigenvalue weighted by Crippen LogP contribution is -2.05. The molecular weight excluding hydrogens is 339 g/mol. The summed E-state index contributed by atoms with van der Waals surface area (Å²) in [6.07, 6.45) is -2.34. The van der Waals surface area contributed by atoms with Crippen LogP contribution in [-0.4, -0.2) is 10.9 Å². The molecule has 0 unspecified atom stereocenters. The molecule has 2 rings (SSSR count). The average molecular weight is 351 g/mol. The molecule has 0 aromatic heterocycles. The molecule has 0 fully saturated rings. The fourth-order valence-corrected chi connectivity index (χ4v) is 1.99. The third-order valence-electron chi connectivity index (χ3n) is 3.18. The van der Waals surface area contributed by atoms with E-state index in [1.807, 2.05) is 0 Å². The van der Waals surface area contributed by atoms with Gasteiger partial charge in [-0.1, -0.05) is 24.3 Å². The van der Waals surface area contributed by atoms with E-state index in [9.17, 15) is 28.1 Å². The topological polar surface area (TPSA) is 69.4 Å². The van der Waals surface area contributed by atoms with Crippen molar-refractivity contribution >= 4 is 17.7 Å². The Morgan fingerprint density at radius 3 is 2.56 bits per heavy atom. The number of rotatable bonds is 5. The standard InChI is InChI=1S/C17H12F3NO4/c18-17(19,20)14-6-3-4-12(10-14)8-9-16(22)25-11-13-5-1-2-7-15(13)21(23)24/h1-10H,11H2/b9-8+. The number of benzene rings is 2. The molecule has 0 radical (unpaired) electrons. The Balaban J connectivity index is 2.02. The molecule has 8 heteroatoms. The summed E-state index contributed by atoms with van der Waals surface area (Å²) in [5.41, 5.74) is -0.620. The summed E-state index contributed by atoms with van der Waals surface area (Å²) in [4.78, 5) is 21.9. The molecule has 0 heterocycles. The summed E-state index contributed by atoms with van der Waals surface area (Å²) < 4.78 is 42.7. The Morgan fingerprint density at radius 1 is 1.16 bits per heavy atom. The highest BCUT2D eigenvalue weighted by Gasteiger charge is 2.30. The van der Waals surface area contributed by atoms with Gasteiger partial charge < -0.3 is 4.74 Å². The van der Waals surface area contributed by atoms with E-state index in [1.54, 1.807) is 6.07 Å². The molecule has 0 saturated heterocycles. The number of carbonyl (C=O) groups is 1. The number of nitrogens with zero attached hydrogens (tertiary/aromatic N) is 1. The maximum atomic E-state index is 12.6. The van der Waals surface area contributed by atoms with Crippen molar-refractivity contribution in [3.63, 3.8) is 0 Å². The maximum Gasteiger partial charge on any atom is 0.416 e. The third kappa shape index (κ3) is 5.17. The van der Waals surface area contributed by atoms with Crippen LogP contribution in [0.15, 0.2) is 54.6 Å². The number of esters is 1. The monoisotopic (exact) mass is 351 g/mol. The first-order valence-corrected chi connectivity index (χ1v) is 7.02. The van der Waals surface area contributed by atoms with E-state index >= 15 is 0 Å². The van der Waals surface area contributed by atoms with Gasteiger partial charge in [-0.05, 0) is 29.8 Å². The van der Waals surface area contributed by atoms with Crippen LogP contribution < -0.4 is 0 Å². The van der Waals surface area contributed by atoms with Crippen LogP contribution >= 0.6 is 0 Å². The quantitative estimate of drug-likeness (QED) is 0.347. The van der Waals surface area contributed by atoms with Gasteiger partial charge in [0.15, 0.2) is 0 Å². The van der Waals surface area contributed by atoms with Crippen molar-refractivity contribution in [1.82, 2.24) is 0 Å².